The average Bonchev–Trinajstić information content (AvgIpc) is 2.30. The highest BCUT2D eigenvalue weighted by Gasteiger charge is 2.15. The van der Waals surface area contributed by atoms with Crippen LogP contribution in [0.25, 0.3) is 0 Å². The van der Waals surface area contributed by atoms with Crippen LogP contribution in [-0.4, -0.2) is 16.1 Å². The maximum atomic E-state index is 13.9. The van der Waals surface area contributed by atoms with Gasteiger partial charge in [0, 0.05) is 16.4 Å². The molecule has 0 aliphatic heterocycles. The first kappa shape index (κ1) is 13.5. The lowest BCUT2D eigenvalue weighted by molar-refractivity contribution is 0.0692. The smallest absolute Gasteiger partial charge is 0.338 e. The Balaban J connectivity index is 2.38. The molecule has 2 N–H and O–H groups in total. The Kier molecular flexibility index (Phi) is 3.80. The van der Waals surface area contributed by atoms with E-state index in [0.29, 0.717) is 5.69 Å². The molecule has 0 radical (unpaired) electrons. The van der Waals surface area contributed by atoms with Crippen LogP contribution in [0.4, 0.5) is 15.9 Å². The highest BCUT2D eigenvalue weighted by molar-refractivity contribution is 9.10. The monoisotopic (exact) mass is 324 g/mol. The van der Waals surface area contributed by atoms with Gasteiger partial charge in [0.1, 0.15) is 5.56 Å². The number of nitrogens with one attached hydrogen (secondary N) is 1. The zero-order valence-corrected chi connectivity index (χ0v) is 11.5. The van der Waals surface area contributed by atoms with Crippen molar-refractivity contribution < 1.29 is 14.3 Å². The molecule has 0 fully saturated rings. The molecular formula is C13H10BrFN2O2. The van der Waals surface area contributed by atoms with Crippen molar-refractivity contribution in [2.45, 2.75) is 6.92 Å². The van der Waals surface area contributed by atoms with Crippen LogP contribution in [0.2, 0.25) is 0 Å². The fourth-order valence-electron chi connectivity index (χ4n) is 1.64. The van der Waals surface area contributed by atoms with E-state index in [1.54, 1.807) is 12.1 Å². The fourth-order valence-corrected chi connectivity index (χ4v) is 2.25. The molecule has 2 rings (SSSR count). The number of carbonyl (C=O) groups is 1. The van der Waals surface area contributed by atoms with Gasteiger partial charge >= 0.3 is 5.97 Å². The van der Waals surface area contributed by atoms with Crippen molar-refractivity contribution in [2.75, 3.05) is 5.32 Å². The van der Waals surface area contributed by atoms with Gasteiger partial charge in [0.05, 0.1) is 0 Å². The molecule has 2 aromatic rings. The molecule has 1 aromatic carbocycles. The summed E-state index contributed by atoms with van der Waals surface area (Å²) in [4.78, 5) is 14.6. The van der Waals surface area contributed by atoms with Gasteiger partial charge in [-0.1, -0.05) is 15.9 Å². The molecule has 0 spiro atoms. The van der Waals surface area contributed by atoms with Crippen molar-refractivity contribution in [3.05, 3.63) is 51.9 Å². The van der Waals surface area contributed by atoms with Gasteiger partial charge in [0.15, 0.2) is 11.6 Å². The van der Waals surface area contributed by atoms with Crippen molar-refractivity contribution >= 4 is 33.4 Å². The number of carboxylic acids is 1. The number of aryl methyl sites for hydroxylation is 1. The third kappa shape index (κ3) is 3.08. The fraction of sp³-hybridized carbons (Fsp3) is 0.0769. The standard InChI is InChI=1S/C13H10BrFN2O2/c1-7-4-8(14)6-9(5-7)17-12-11(15)10(13(18)19)2-3-16-12/h2-6H,1H3,(H,16,17)(H,18,19). The van der Waals surface area contributed by atoms with Gasteiger partial charge in [-0.3, -0.25) is 0 Å². The predicted octanol–water partition coefficient (Wildman–Crippen LogP) is 3.73. The van der Waals surface area contributed by atoms with Crippen molar-refractivity contribution in [1.82, 2.24) is 4.98 Å². The van der Waals surface area contributed by atoms with Crippen LogP contribution in [0.15, 0.2) is 34.9 Å². The van der Waals surface area contributed by atoms with E-state index in [4.69, 9.17) is 5.11 Å². The van der Waals surface area contributed by atoms with Crippen molar-refractivity contribution in [3.8, 4) is 0 Å². The maximum Gasteiger partial charge on any atom is 0.338 e. The van der Waals surface area contributed by atoms with Crippen LogP contribution in [0.5, 0.6) is 0 Å². The summed E-state index contributed by atoms with van der Waals surface area (Å²) in [5, 5.41) is 11.6. The largest absolute Gasteiger partial charge is 0.478 e. The molecule has 0 atom stereocenters. The Labute approximate surface area is 117 Å². The lowest BCUT2D eigenvalue weighted by Gasteiger charge is -2.09. The normalized spacial score (nSPS) is 10.3. The minimum atomic E-state index is -1.33. The van der Waals surface area contributed by atoms with Gasteiger partial charge in [-0.05, 0) is 36.8 Å². The topological polar surface area (TPSA) is 62.2 Å². The van der Waals surface area contributed by atoms with Gasteiger partial charge < -0.3 is 10.4 Å². The highest BCUT2D eigenvalue weighted by atomic mass is 79.9. The van der Waals surface area contributed by atoms with E-state index in [-0.39, 0.29) is 5.82 Å². The lowest BCUT2D eigenvalue weighted by Crippen LogP contribution is -2.05. The summed E-state index contributed by atoms with van der Waals surface area (Å²) in [5.74, 6) is -2.32. The summed E-state index contributed by atoms with van der Waals surface area (Å²) >= 11 is 3.33. The van der Waals surface area contributed by atoms with E-state index in [2.05, 4.69) is 26.2 Å². The Morgan fingerprint density at radius 2 is 2.16 bits per heavy atom. The number of aromatic carboxylic acids is 1. The summed E-state index contributed by atoms with van der Waals surface area (Å²) in [5.41, 5.74) is 1.19. The summed E-state index contributed by atoms with van der Waals surface area (Å²) in [6, 6.07) is 6.58. The first-order chi connectivity index (χ1) is 8.97. The molecule has 0 aliphatic rings. The van der Waals surface area contributed by atoms with Crippen LogP contribution in [0.1, 0.15) is 15.9 Å². The number of hydrogen-bond acceptors (Lipinski definition) is 3. The number of aromatic nitrogens is 1. The quantitative estimate of drug-likeness (QED) is 0.902. The van der Waals surface area contributed by atoms with Gasteiger partial charge in [-0.25, -0.2) is 14.2 Å². The van der Waals surface area contributed by atoms with Gasteiger partial charge in [-0.15, -0.1) is 0 Å². The number of rotatable bonds is 3. The van der Waals surface area contributed by atoms with E-state index < -0.39 is 17.3 Å². The summed E-state index contributed by atoms with van der Waals surface area (Å²) < 4.78 is 14.7. The number of hydrogen-bond donors (Lipinski definition) is 2. The number of halogens is 2. The third-order valence-corrected chi connectivity index (χ3v) is 2.88. The van der Waals surface area contributed by atoms with Crippen LogP contribution in [-0.2, 0) is 0 Å². The summed E-state index contributed by atoms with van der Waals surface area (Å²) in [6.45, 7) is 1.90. The molecular weight excluding hydrogens is 315 g/mol. The summed E-state index contributed by atoms with van der Waals surface area (Å²) in [7, 11) is 0. The number of carboxylic acid groups (broad SMARTS) is 1. The van der Waals surface area contributed by atoms with E-state index in [0.717, 1.165) is 16.1 Å². The molecule has 19 heavy (non-hydrogen) atoms. The molecule has 0 amide bonds. The second-order valence-electron chi connectivity index (χ2n) is 3.97. The molecule has 1 heterocycles. The molecule has 1 aromatic heterocycles. The molecule has 0 bridgehead atoms. The number of nitrogens with zero attached hydrogens (tertiary/aromatic N) is 1. The maximum absolute atomic E-state index is 13.9. The van der Waals surface area contributed by atoms with Crippen LogP contribution >= 0.6 is 15.9 Å². The van der Waals surface area contributed by atoms with Crippen LogP contribution in [0.3, 0.4) is 0 Å². The van der Waals surface area contributed by atoms with E-state index in [9.17, 15) is 9.18 Å². The number of anilines is 2. The zero-order valence-electron chi connectivity index (χ0n) is 9.95. The second-order valence-corrected chi connectivity index (χ2v) is 4.88. The number of benzene rings is 1. The average molecular weight is 325 g/mol. The van der Waals surface area contributed by atoms with E-state index >= 15 is 0 Å². The molecule has 0 aliphatic carbocycles. The molecule has 6 heteroatoms. The molecule has 4 nitrogen and oxygen atoms in total. The first-order valence-corrected chi connectivity index (χ1v) is 6.18. The SMILES string of the molecule is Cc1cc(Br)cc(Nc2nccc(C(=O)O)c2F)c1. The lowest BCUT2D eigenvalue weighted by atomic mass is 10.2. The Morgan fingerprint density at radius 3 is 2.79 bits per heavy atom. The molecule has 98 valence electrons. The Morgan fingerprint density at radius 1 is 1.42 bits per heavy atom. The zero-order chi connectivity index (χ0) is 14.0. The Bertz CT molecular complexity index is 626. The third-order valence-electron chi connectivity index (χ3n) is 2.42. The molecule has 0 unspecified atom stereocenters. The van der Waals surface area contributed by atoms with Crippen molar-refractivity contribution in [2.24, 2.45) is 0 Å². The van der Waals surface area contributed by atoms with Crippen molar-refractivity contribution in [1.29, 1.82) is 0 Å². The predicted molar refractivity (Wildman–Crippen MR) is 73.3 cm³/mol. The molecule has 0 saturated heterocycles. The van der Waals surface area contributed by atoms with Crippen molar-refractivity contribution in [3.63, 3.8) is 0 Å². The minimum Gasteiger partial charge on any atom is -0.478 e. The van der Waals surface area contributed by atoms with Crippen LogP contribution < -0.4 is 5.32 Å². The first-order valence-electron chi connectivity index (χ1n) is 5.39. The Hall–Kier alpha value is -1.95. The second kappa shape index (κ2) is 5.36. The van der Waals surface area contributed by atoms with Gasteiger partial charge in [0.2, 0.25) is 0 Å². The van der Waals surface area contributed by atoms with Gasteiger partial charge in [0.25, 0.3) is 0 Å². The summed E-state index contributed by atoms with van der Waals surface area (Å²) in [6.07, 6.45) is 1.25. The van der Waals surface area contributed by atoms with E-state index in [1.807, 2.05) is 13.0 Å². The van der Waals surface area contributed by atoms with Crippen LogP contribution in [0, 0.1) is 12.7 Å². The minimum absolute atomic E-state index is 0.114. The highest BCUT2D eigenvalue weighted by Crippen LogP contribution is 2.24. The van der Waals surface area contributed by atoms with E-state index in [1.165, 1.54) is 6.20 Å². The number of pyridine rings is 1. The molecule has 0 saturated carbocycles. The van der Waals surface area contributed by atoms with Gasteiger partial charge in [-0.2, -0.15) is 0 Å².